The SMILES string of the molecule is N#CCc1ccccc1CC(=O)ON1C(=O)c2ccccc2C1=O. The maximum atomic E-state index is 12.1. The van der Waals surface area contributed by atoms with Gasteiger partial charge in [0, 0.05) is 0 Å². The molecule has 24 heavy (non-hydrogen) atoms. The lowest BCUT2D eigenvalue weighted by atomic mass is 10.0. The fourth-order valence-electron chi connectivity index (χ4n) is 2.53. The third kappa shape index (κ3) is 2.75. The van der Waals surface area contributed by atoms with Crippen LogP contribution in [0, 0.1) is 11.3 Å². The number of hydrogen-bond donors (Lipinski definition) is 0. The number of fused-ring (bicyclic) bond motifs is 1. The molecule has 2 amide bonds. The predicted molar refractivity (Wildman–Crippen MR) is 82.5 cm³/mol. The molecule has 0 spiro atoms. The van der Waals surface area contributed by atoms with Crippen molar-refractivity contribution in [2.45, 2.75) is 12.8 Å². The van der Waals surface area contributed by atoms with Gasteiger partial charge in [-0.25, -0.2) is 4.79 Å². The van der Waals surface area contributed by atoms with E-state index in [1.54, 1.807) is 36.4 Å². The summed E-state index contributed by atoms with van der Waals surface area (Å²) in [5, 5.41) is 9.30. The van der Waals surface area contributed by atoms with Gasteiger partial charge in [-0.05, 0) is 23.3 Å². The van der Waals surface area contributed by atoms with Crippen molar-refractivity contribution in [2.24, 2.45) is 0 Å². The van der Waals surface area contributed by atoms with Gasteiger partial charge < -0.3 is 4.84 Å². The Balaban J connectivity index is 1.74. The van der Waals surface area contributed by atoms with Gasteiger partial charge in [-0.2, -0.15) is 5.26 Å². The third-order valence-electron chi connectivity index (χ3n) is 3.67. The van der Waals surface area contributed by atoms with Crippen LogP contribution in [-0.2, 0) is 22.5 Å². The molecule has 0 radical (unpaired) electrons. The van der Waals surface area contributed by atoms with Crippen molar-refractivity contribution < 1.29 is 19.2 Å². The van der Waals surface area contributed by atoms with E-state index in [2.05, 4.69) is 0 Å². The van der Waals surface area contributed by atoms with E-state index in [-0.39, 0.29) is 24.0 Å². The number of benzene rings is 2. The molecule has 6 nitrogen and oxygen atoms in total. The van der Waals surface area contributed by atoms with Crippen molar-refractivity contribution in [3.05, 3.63) is 70.8 Å². The number of carbonyl (C=O) groups excluding carboxylic acids is 3. The highest BCUT2D eigenvalue weighted by molar-refractivity contribution is 6.20. The van der Waals surface area contributed by atoms with Crippen molar-refractivity contribution >= 4 is 17.8 Å². The maximum Gasteiger partial charge on any atom is 0.337 e. The number of carbonyl (C=O) groups is 3. The van der Waals surface area contributed by atoms with E-state index in [9.17, 15) is 14.4 Å². The summed E-state index contributed by atoms with van der Waals surface area (Å²) in [6, 6.07) is 15.3. The van der Waals surface area contributed by atoms with E-state index >= 15 is 0 Å². The molecule has 1 heterocycles. The Morgan fingerprint density at radius 3 is 2.08 bits per heavy atom. The molecule has 0 aliphatic carbocycles. The number of hydroxylamine groups is 2. The highest BCUT2D eigenvalue weighted by atomic mass is 16.7. The Morgan fingerprint density at radius 2 is 1.50 bits per heavy atom. The molecule has 118 valence electrons. The van der Waals surface area contributed by atoms with E-state index in [4.69, 9.17) is 10.1 Å². The maximum absolute atomic E-state index is 12.1. The lowest BCUT2D eigenvalue weighted by molar-refractivity contribution is -0.167. The first kappa shape index (κ1) is 15.4. The lowest BCUT2D eigenvalue weighted by Crippen LogP contribution is -2.33. The number of nitrogens with zero attached hydrogens (tertiary/aromatic N) is 2. The minimum Gasteiger partial charge on any atom is -0.329 e. The fourth-order valence-corrected chi connectivity index (χ4v) is 2.53. The van der Waals surface area contributed by atoms with E-state index in [0.717, 1.165) is 0 Å². The molecule has 0 N–H and O–H groups in total. The predicted octanol–water partition coefficient (Wildman–Crippen LogP) is 2.05. The van der Waals surface area contributed by atoms with Crippen LogP contribution >= 0.6 is 0 Å². The van der Waals surface area contributed by atoms with Gasteiger partial charge in [-0.3, -0.25) is 9.59 Å². The van der Waals surface area contributed by atoms with Crippen LogP contribution in [0.1, 0.15) is 31.8 Å². The van der Waals surface area contributed by atoms with Crippen LogP contribution in [0.3, 0.4) is 0 Å². The molecule has 6 heteroatoms. The molecule has 0 saturated heterocycles. The highest BCUT2D eigenvalue weighted by Crippen LogP contribution is 2.23. The van der Waals surface area contributed by atoms with Gasteiger partial charge in [-0.15, -0.1) is 0 Å². The smallest absolute Gasteiger partial charge is 0.329 e. The standard InChI is InChI=1S/C18H12N2O4/c19-10-9-12-5-1-2-6-13(12)11-16(21)24-20-17(22)14-7-3-4-8-15(14)18(20)23/h1-8H,9,11H2. The summed E-state index contributed by atoms with van der Waals surface area (Å²) < 4.78 is 0. The Kier molecular flexibility index (Phi) is 4.08. The van der Waals surface area contributed by atoms with Gasteiger partial charge in [0.15, 0.2) is 0 Å². The molecule has 0 atom stereocenters. The molecule has 3 rings (SSSR count). The minimum atomic E-state index is -0.741. The normalized spacial score (nSPS) is 12.7. The molecule has 2 aromatic carbocycles. The number of rotatable bonds is 4. The lowest BCUT2D eigenvalue weighted by Gasteiger charge is -2.13. The van der Waals surface area contributed by atoms with E-state index in [1.807, 2.05) is 6.07 Å². The van der Waals surface area contributed by atoms with Crippen molar-refractivity contribution in [2.75, 3.05) is 0 Å². The zero-order chi connectivity index (χ0) is 17.1. The number of hydrogen-bond acceptors (Lipinski definition) is 5. The van der Waals surface area contributed by atoms with E-state index in [0.29, 0.717) is 16.2 Å². The monoisotopic (exact) mass is 320 g/mol. The fraction of sp³-hybridized carbons (Fsp3) is 0.111. The third-order valence-corrected chi connectivity index (χ3v) is 3.67. The van der Waals surface area contributed by atoms with Gasteiger partial charge in [0.25, 0.3) is 11.8 Å². The quantitative estimate of drug-likeness (QED) is 0.805. The zero-order valence-electron chi connectivity index (χ0n) is 12.6. The highest BCUT2D eigenvalue weighted by Gasteiger charge is 2.38. The number of imide groups is 1. The van der Waals surface area contributed by atoms with Crippen LogP contribution in [0.25, 0.3) is 0 Å². The van der Waals surface area contributed by atoms with Gasteiger partial charge in [-0.1, -0.05) is 41.5 Å². The molecular weight excluding hydrogens is 308 g/mol. The second kappa shape index (κ2) is 6.34. The minimum absolute atomic E-state index is 0.134. The van der Waals surface area contributed by atoms with Crippen LogP contribution in [-0.4, -0.2) is 22.8 Å². The summed E-state index contributed by atoms with van der Waals surface area (Å²) in [6.45, 7) is 0. The van der Waals surface area contributed by atoms with Crippen LogP contribution < -0.4 is 0 Å². The summed E-state index contributed by atoms with van der Waals surface area (Å²) in [6.07, 6.45) is 0.0295. The average Bonchev–Trinajstić information content (AvgIpc) is 2.82. The molecule has 0 bridgehead atoms. The van der Waals surface area contributed by atoms with Crippen molar-refractivity contribution in [3.8, 4) is 6.07 Å². The molecular formula is C18H12N2O4. The first-order valence-electron chi connectivity index (χ1n) is 7.24. The van der Waals surface area contributed by atoms with Gasteiger partial charge in [0.1, 0.15) is 0 Å². The summed E-state index contributed by atoms with van der Waals surface area (Å²) in [7, 11) is 0. The van der Waals surface area contributed by atoms with E-state index < -0.39 is 17.8 Å². The first-order chi connectivity index (χ1) is 11.6. The first-order valence-corrected chi connectivity index (χ1v) is 7.24. The Morgan fingerprint density at radius 1 is 0.958 bits per heavy atom. The topological polar surface area (TPSA) is 87.5 Å². The van der Waals surface area contributed by atoms with Crippen LogP contribution in [0.15, 0.2) is 48.5 Å². The Bertz CT molecular complexity index is 848. The molecule has 0 saturated carbocycles. The van der Waals surface area contributed by atoms with Crippen LogP contribution in [0.2, 0.25) is 0 Å². The van der Waals surface area contributed by atoms with Crippen LogP contribution in [0.4, 0.5) is 0 Å². The van der Waals surface area contributed by atoms with Crippen molar-refractivity contribution in [1.82, 2.24) is 5.06 Å². The van der Waals surface area contributed by atoms with Crippen molar-refractivity contribution in [1.29, 1.82) is 5.26 Å². The van der Waals surface area contributed by atoms with Crippen LogP contribution in [0.5, 0.6) is 0 Å². The largest absolute Gasteiger partial charge is 0.337 e. The van der Waals surface area contributed by atoms with Crippen molar-refractivity contribution in [3.63, 3.8) is 0 Å². The van der Waals surface area contributed by atoms with Gasteiger partial charge >= 0.3 is 5.97 Å². The Hall–Kier alpha value is -3.46. The molecule has 1 aliphatic heterocycles. The second-order valence-corrected chi connectivity index (χ2v) is 5.19. The average molecular weight is 320 g/mol. The van der Waals surface area contributed by atoms with Gasteiger partial charge in [0.05, 0.1) is 30.0 Å². The molecule has 1 aliphatic rings. The summed E-state index contributed by atoms with van der Waals surface area (Å²) >= 11 is 0. The number of nitriles is 1. The molecule has 0 unspecified atom stereocenters. The summed E-state index contributed by atoms with van der Waals surface area (Å²) in [4.78, 5) is 41.4. The zero-order valence-corrected chi connectivity index (χ0v) is 12.6. The Labute approximate surface area is 137 Å². The summed E-state index contributed by atoms with van der Waals surface area (Å²) in [5.41, 5.74) is 1.75. The molecule has 2 aromatic rings. The second-order valence-electron chi connectivity index (χ2n) is 5.19. The summed E-state index contributed by atoms with van der Waals surface area (Å²) in [5.74, 6) is -2.06. The van der Waals surface area contributed by atoms with Gasteiger partial charge in [0.2, 0.25) is 0 Å². The number of amides is 2. The molecule has 0 fully saturated rings. The van der Waals surface area contributed by atoms with E-state index in [1.165, 1.54) is 12.1 Å². The molecule has 0 aromatic heterocycles.